The highest BCUT2D eigenvalue weighted by Crippen LogP contribution is 2.42. The Morgan fingerprint density at radius 1 is 1.07 bits per heavy atom. The largest absolute Gasteiger partial charge is 0.493 e. The van der Waals surface area contributed by atoms with E-state index in [1.807, 2.05) is 37.3 Å². The molecule has 0 aliphatic carbocycles. The maximum absolute atomic E-state index is 12.8. The van der Waals surface area contributed by atoms with Crippen molar-refractivity contribution >= 4 is 11.5 Å². The summed E-state index contributed by atoms with van der Waals surface area (Å²) in [4.78, 5) is 17.1. The first-order valence-corrected chi connectivity index (χ1v) is 9.63. The highest BCUT2D eigenvalue weighted by Gasteiger charge is 2.26. The van der Waals surface area contributed by atoms with E-state index in [9.17, 15) is 4.79 Å². The SMILES string of the molecule is COc1cc2c(cc1OC)C(C)Cn1c-2cc(Nc2ccc(C)cc2C)nc1=O. The summed E-state index contributed by atoms with van der Waals surface area (Å²) >= 11 is 0. The van der Waals surface area contributed by atoms with Crippen molar-refractivity contribution in [2.24, 2.45) is 0 Å². The summed E-state index contributed by atoms with van der Waals surface area (Å²) in [7, 11) is 3.25. The summed E-state index contributed by atoms with van der Waals surface area (Å²) < 4.78 is 12.7. The van der Waals surface area contributed by atoms with Crippen LogP contribution < -0.4 is 20.5 Å². The average molecular weight is 391 g/mol. The lowest BCUT2D eigenvalue weighted by atomic mass is 9.89. The number of aromatic nitrogens is 2. The molecule has 0 spiro atoms. The zero-order valence-electron chi connectivity index (χ0n) is 17.4. The van der Waals surface area contributed by atoms with Gasteiger partial charge in [-0.15, -0.1) is 0 Å². The van der Waals surface area contributed by atoms with Gasteiger partial charge in [0.1, 0.15) is 5.82 Å². The number of hydrogen-bond acceptors (Lipinski definition) is 5. The Balaban J connectivity index is 1.85. The molecule has 0 saturated heterocycles. The predicted molar refractivity (Wildman–Crippen MR) is 115 cm³/mol. The molecule has 6 heteroatoms. The lowest BCUT2D eigenvalue weighted by molar-refractivity contribution is 0.354. The molecule has 1 unspecified atom stereocenters. The van der Waals surface area contributed by atoms with Gasteiger partial charge in [-0.1, -0.05) is 24.6 Å². The van der Waals surface area contributed by atoms with Gasteiger partial charge in [-0.05, 0) is 43.2 Å². The van der Waals surface area contributed by atoms with Gasteiger partial charge in [-0.3, -0.25) is 4.57 Å². The number of benzene rings is 2. The van der Waals surface area contributed by atoms with E-state index in [-0.39, 0.29) is 11.6 Å². The number of rotatable bonds is 4. The van der Waals surface area contributed by atoms with Gasteiger partial charge >= 0.3 is 5.69 Å². The van der Waals surface area contributed by atoms with E-state index in [4.69, 9.17) is 9.47 Å². The van der Waals surface area contributed by atoms with Crippen molar-refractivity contribution in [1.82, 2.24) is 9.55 Å². The fourth-order valence-corrected chi connectivity index (χ4v) is 3.96. The van der Waals surface area contributed by atoms with Gasteiger partial charge in [-0.25, -0.2) is 4.79 Å². The highest BCUT2D eigenvalue weighted by molar-refractivity contribution is 5.74. The summed E-state index contributed by atoms with van der Waals surface area (Å²) in [6, 6.07) is 12.0. The number of nitrogens with zero attached hydrogens (tertiary/aromatic N) is 2. The fraction of sp³-hybridized carbons (Fsp3) is 0.304. The summed E-state index contributed by atoms with van der Waals surface area (Å²) in [5.74, 6) is 2.02. The van der Waals surface area contributed by atoms with Crippen molar-refractivity contribution < 1.29 is 9.47 Å². The minimum absolute atomic E-state index is 0.162. The molecule has 0 radical (unpaired) electrons. The van der Waals surface area contributed by atoms with Gasteiger partial charge in [0, 0.05) is 29.8 Å². The van der Waals surface area contributed by atoms with E-state index in [0.29, 0.717) is 23.9 Å². The second kappa shape index (κ2) is 7.28. The van der Waals surface area contributed by atoms with Gasteiger partial charge in [0.15, 0.2) is 11.5 Å². The Labute approximate surface area is 170 Å². The van der Waals surface area contributed by atoms with Gasteiger partial charge in [-0.2, -0.15) is 4.98 Å². The second-order valence-electron chi connectivity index (χ2n) is 7.56. The van der Waals surface area contributed by atoms with Crippen LogP contribution in [0.3, 0.4) is 0 Å². The van der Waals surface area contributed by atoms with E-state index in [1.54, 1.807) is 18.8 Å². The summed E-state index contributed by atoms with van der Waals surface area (Å²) in [5, 5.41) is 3.30. The van der Waals surface area contributed by atoms with Gasteiger partial charge in [0.2, 0.25) is 0 Å². The van der Waals surface area contributed by atoms with E-state index in [2.05, 4.69) is 30.2 Å². The number of methoxy groups -OCH3 is 2. The molecule has 1 aliphatic rings. The third-order valence-electron chi connectivity index (χ3n) is 5.47. The molecular weight excluding hydrogens is 366 g/mol. The summed E-state index contributed by atoms with van der Waals surface area (Å²) in [5.41, 5.74) is 5.88. The molecule has 2 heterocycles. The highest BCUT2D eigenvalue weighted by atomic mass is 16.5. The fourth-order valence-electron chi connectivity index (χ4n) is 3.96. The van der Waals surface area contributed by atoms with Crippen molar-refractivity contribution in [2.75, 3.05) is 19.5 Å². The third-order valence-corrected chi connectivity index (χ3v) is 5.47. The summed E-state index contributed by atoms with van der Waals surface area (Å²) in [6.07, 6.45) is 0. The van der Waals surface area contributed by atoms with Crippen LogP contribution in [-0.2, 0) is 6.54 Å². The van der Waals surface area contributed by atoms with Crippen LogP contribution in [0.25, 0.3) is 11.3 Å². The van der Waals surface area contributed by atoms with Crippen LogP contribution in [0.15, 0.2) is 41.2 Å². The zero-order chi connectivity index (χ0) is 20.7. The van der Waals surface area contributed by atoms with Crippen molar-refractivity contribution in [3.63, 3.8) is 0 Å². The van der Waals surface area contributed by atoms with Crippen molar-refractivity contribution in [3.8, 4) is 22.8 Å². The van der Waals surface area contributed by atoms with Crippen molar-refractivity contribution in [2.45, 2.75) is 33.2 Å². The van der Waals surface area contributed by atoms with E-state index in [0.717, 1.165) is 28.1 Å². The van der Waals surface area contributed by atoms with Crippen molar-refractivity contribution in [3.05, 3.63) is 63.6 Å². The molecule has 3 aromatic rings. The van der Waals surface area contributed by atoms with Crippen LogP contribution in [0.5, 0.6) is 11.5 Å². The van der Waals surface area contributed by atoms with E-state index >= 15 is 0 Å². The Morgan fingerprint density at radius 3 is 2.48 bits per heavy atom. The smallest absolute Gasteiger partial charge is 0.350 e. The van der Waals surface area contributed by atoms with Crippen LogP contribution in [0, 0.1) is 13.8 Å². The maximum atomic E-state index is 12.8. The quantitative estimate of drug-likeness (QED) is 0.714. The van der Waals surface area contributed by atoms with Crippen LogP contribution in [0.1, 0.15) is 29.5 Å². The summed E-state index contributed by atoms with van der Waals surface area (Å²) in [6.45, 7) is 6.77. The monoisotopic (exact) mass is 391 g/mol. The molecule has 1 aliphatic heterocycles. The number of fused-ring (bicyclic) bond motifs is 3. The molecule has 150 valence electrons. The Bertz CT molecular complexity index is 1150. The Kier molecular flexibility index (Phi) is 4.78. The van der Waals surface area contributed by atoms with E-state index < -0.39 is 0 Å². The average Bonchev–Trinajstić information content (AvgIpc) is 2.70. The number of aryl methyl sites for hydroxylation is 2. The van der Waals surface area contributed by atoms with Gasteiger partial charge < -0.3 is 14.8 Å². The topological polar surface area (TPSA) is 65.4 Å². The first-order chi connectivity index (χ1) is 13.9. The normalized spacial score (nSPS) is 14.7. The number of nitrogens with one attached hydrogen (secondary N) is 1. The van der Waals surface area contributed by atoms with Crippen LogP contribution in [-0.4, -0.2) is 23.8 Å². The first kappa shape index (κ1) is 19.1. The van der Waals surface area contributed by atoms with Crippen molar-refractivity contribution in [1.29, 1.82) is 0 Å². The molecule has 1 N–H and O–H groups in total. The maximum Gasteiger partial charge on any atom is 0.350 e. The molecule has 4 rings (SSSR count). The molecule has 29 heavy (non-hydrogen) atoms. The molecule has 0 amide bonds. The Hall–Kier alpha value is -3.28. The van der Waals surface area contributed by atoms with Gasteiger partial charge in [0.25, 0.3) is 0 Å². The van der Waals surface area contributed by atoms with E-state index in [1.165, 1.54) is 5.56 Å². The standard InChI is InChI=1S/C23H25N3O3/c1-13-6-7-18(14(2)8-13)24-22-11-19-17-10-21(29-5)20(28-4)9-16(17)15(3)12-26(19)23(27)25-22/h6-11,15H,12H2,1-5H3,(H,24,25,27). The van der Waals surface area contributed by atoms with Crippen LogP contribution in [0.4, 0.5) is 11.5 Å². The second-order valence-corrected chi connectivity index (χ2v) is 7.56. The third kappa shape index (κ3) is 3.35. The molecule has 0 bridgehead atoms. The minimum atomic E-state index is -0.262. The number of ether oxygens (including phenoxy) is 2. The molecule has 0 fully saturated rings. The lowest BCUT2D eigenvalue weighted by Gasteiger charge is -2.28. The zero-order valence-corrected chi connectivity index (χ0v) is 17.4. The predicted octanol–water partition coefficient (Wildman–Crippen LogP) is 4.41. The molecular formula is C23H25N3O3. The van der Waals surface area contributed by atoms with Gasteiger partial charge in [0.05, 0.1) is 19.9 Å². The number of anilines is 2. The number of hydrogen-bond donors (Lipinski definition) is 1. The van der Waals surface area contributed by atoms with Crippen LogP contribution in [0.2, 0.25) is 0 Å². The minimum Gasteiger partial charge on any atom is -0.493 e. The molecule has 0 saturated carbocycles. The Morgan fingerprint density at radius 2 is 1.79 bits per heavy atom. The van der Waals surface area contributed by atoms with Crippen LogP contribution >= 0.6 is 0 Å². The molecule has 1 aromatic heterocycles. The lowest BCUT2D eigenvalue weighted by Crippen LogP contribution is -2.30. The first-order valence-electron chi connectivity index (χ1n) is 9.63. The molecule has 2 aromatic carbocycles. The molecule has 6 nitrogen and oxygen atoms in total. The molecule has 1 atom stereocenters.